The topological polar surface area (TPSA) is 93.5 Å². The summed E-state index contributed by atoms with van der Waals surface area (Å²) in [4.78, 5) is 23.8. The number of nitrogens with two attached hydrogens (primary N) is 1. The highest BCUT2D eigenvalue weighted by Crippen LogP contribution is 2.20. The lowest BCUT2D eigenvalue weighted by molar-refractivity contribution is -0.123. The van der Waals surface area contributed by atoms with Crippen LogP contribution in [0.3, 0.4) is 0 Å². The molecule has 0 spiro atoms. The molecule has 0 saturated heterocycles. The fourth-order valence-corrected chi connectivity index (χ4v) is 2.44. The fourth-order valence-electron chi connectivity index (χ4n) is 2.32. The second-order valence-corrected chi connectivity index (χ2v) is 7.38. The summed E-state index contributed by atoms with van der Waals surface area (Å²) in [5, 5.41) is 5.03. The molecule has 1 aromatic carbocycles. The van der Waals surface area contributed by atoms with Gasteiger partial charge in [-0.25, -0.2) is 13.2 Å². The van der Waals surface area contributed by atoms with Crippen LogP contribution in [0, 0.1) is 5.82 Å². The van der Waals surface area contributed by atoms with Crippen molar-refractivity contribution in [3.05, 3.63) is 77.4 Å². The van der Waals surface area contributed by atoms with Gasteiger partial charge in [0.25, 0.3) is 11.8 Å². The highest BCUT2D eigenvalue weighted by atomic mass is 35.5. The Morgan fingerprint density at radius 2 is 1.97 bits per heavy atom. The molecule has 2 amide bonds. The van der Waals surface area contributed by atoms with Gasteiger partial charge in [-0.15, -0.1) is 0 Å². The molecule has 1 aromatic rings. The minimum absolute atomic E-state index is 0.0488. The van der Waals surface area contributed by atoms with Crippen molar-refractivity contribution in [1.82, 2.24) is 10.6 Å². The van der Waals surface area contributed by atoms with Gasteiger partial charge in [0.05, 0.1) is 5.02 Å². The molecule has 0 heterocycles. The minimum Gasteiger partial charge on any atom is -0.484 e. The highest BCUT2D eigenvalue weighted by molar-refractivity contribution is 6.30. The van der Waals surface area contributed by atoms with E-state index in [4.69, 9.17) is 22.1 Å². The van der Waals surface area contributed by atoms with Crippen molar-refractivity contribution in [3.8, 4) is 5.75 Å². The van der Waals surface area contributed by atoms with Crippen LogP contribution in [0.2, 0.25) is 5.02 Å². The summed E-state index contributed by atoms with van der Waals surface area (Å²) in [5.41, 5.74) is 6.87. The Hall–Kier alpha value is -3.20. The first-order valence-corrected chi connectivity index (χ1v) is 10.3. The van der Waals surface area contributed by atoms with E-state index in [0.717, 1.165) is 6.07 Å². The van der Waals surface area contributed by atoms with E-state index >= 15 is 0 Å². The number of carbonyl (C=O) groups excluding carboxylic acids is 2. The molecule has 0 fully saturated rings. The van der Waals surface area contributed by atoms with Gasteiger partial charge < -0.3 is 21.1 Å². The van der Waals surface area contributed by atoms with E-state index in [1.54, 1.807) is 12.2 Å². The van der Waals surface area contributed by atoms with Gasteiger partial charge in [0, 0.05) is 42.9 Å². The molecule has 6 nitrogen and oxygen atoms in total. The third-order valence-corrected chi connectivity index (χ3v) is 4.42. The van der Waals surface area contributed by atoms with Crippen LogP contribution in [0.1, 0.15) is 25.7 Å². The number of carbonyl (C=O) groups is 2. The number of amides is 2. The number of rotatable bonds is 14. The maximum absolute atomic E-state index is 13.3. The third-order valence-electron chi connectivity index (χ3n) is 4.11. The average Bonchev–Trinajstić information content (AvgIpc) is 2.75. The quantitative estimate of drug-likeness (QED) is 0.269. The lowest BCUT2D eigenvalue weighted by Gasteiger charge is -2.09. The van der Waals surface area contributed by atoms with Crippen molar-refractivity contribution in [2.75, 3.05) is 13.2 Å². The number of alkyl halides is 2. The number of nitrogens with one attached hydrogen (secondary N) is 2. The van der Waals surface area contributed by atoms with Crippen LogP contribution in [-0.4, -0.2) is 31.4 Å². The van der Waals surface area contributed by atoms with E-state index < -0.39 is 24.1 Å². The molecule has 0 atom stereocenters. The Balaban J connectivity index is 2.24. The molecule has 180 valence electrons. The average molecular weight is 486 g/mol. The molecular formula is C23H27ClF3N3O3. The van der Waals surface area contributed by atoms with Gasteiger partial charge in [-0.3, -0.25) is 9.59 Å². The molecule has 1 rings (SSSR count). The van der Waals surface area contributed by atoms with E-state index in [0.29, 0.717) is 17.7 Å². The molecule has 0 aliphatic rings. The first-order chi connectivity index (χ1) is 15.6. The minimum atomic E-state index is -2.43. The van der Waals surface area contributed by atoms with Gasteiger partial charge >= 0.3 is 0 Å². The van der Waals surface area contributed by atoms with Crippen LogP contribution in [-0.2, 0) is 9.59 Å². The summed E-state index contributed by atoms with van der Waals surface area (Å²) in [7, 11) is 0. The predicted molar refractivity (Wildman–Crippen MR) is 122 cm³/mol. The molecule has 0 saturated carbocycles. The number of hydrogen-bond acceptors (Lipinski definition) is 4. The van der Waals surface area contributed by atoms with Gasteiger partial charge in [-0.1, -0.05) is 42.5 Å². The maximum atomic E-state index is 13.3. The van der Waals surface area contributed by atoms with Crippen LogP contribution in [0.4, 0.5) is 13.2 Å². The number of allylic oxidation sites excluding steroid dienone is 3. The van der Waals surface area contributed by atoms with Crippen molar-refractivity contribution >= 4 is 23.4 Å². The lowest BCUT2D eigenvalue weighted by Crippen LogP contribution is -2.31. The predicted octanol–water partition coefficient (Wildman–Crippen LogP) is 4.38. The maximum Gasteiger partial charge on any atom is 0.257 e. The normalized spacial score (nSPS) is 11.5. The Morgan fingerprint density at radius 1 is 1.24 bits per heavy atom. The van der Waals surface area contributed by atoms with Crippen molar-refractivity contribution in [2.45, 2.75) is 32.1 Å². The number of benzene rings is 1. The molecule has 0 unspecified atom stereocenters. The second kappa shape index (κ2) is 14.8. The SMILES string of the molecule is C=C(C/C=C(\N)C/C=C/NC(=O)C(=C)CCNC(=O)COc1ccc(Cl)c(F)c1)CC(F)F. The Labute approximate surface area is 196 Å². The molecule has 0 bridgehead atoms. The summed E-state index contributed by atoms with van der Waals surface area (Å²) in [6, 6.07) is 3.83. The Morgan fingerprint density at radius 3 is 2.64 bits per heavy atom. The first-order valence-electron chi connectivity index (χ1n) is 9.96. The van der Waals surface area contributed by atoms with E-state index in [2.05, 4.69) is 23.8 Å². The zero-order valence-corrected chi connectivity index (χ0v) is 18.8. The number of hydrogen-bond donors (Lipinski definition) is 3. The number of ether oxygens (including phenoxy) is 1. The molecule has 0 aliphatic heterocycles. The van der Waals surface area contributed by atoms with E-state index in [1.807, 2.05) is 0 Å². The van der Waals surface area contributed by atoms with Crippen LogP contribution in [0.15, 0.2) is 66.6 Å². The first kappa shape index (κ1) is 27.8. The number of halogens is 4. The summed E-state index contributed by atoms with van der Waals surface area (Å²) >= 11 is 5.57. The summed E-state index contributed by atoms with van der Waals surface area (Å²) in [6.45, 7) is 7.05. The monoisotopic (exact) mass is 485 g/mol. The standard InChI is InChI=1S/C23H27ClF3N3O3/c1-15(12-21(26)27)5-6-17(28)4-3-10-30-23(32)16(2)9-11-29-22(31)14-33-18-7-8-19(24)20(25)13-18/h3,6-8,10,13,21H,1-2,4-5,9,11-12,14,28H2,(H,29,31)(H,30,32)/b10-3+,17-6-. The second-order valence-electron chi connectivity index (χ2n) is 6.98. The third kappa shape index (κ3) is 12.4. The largest absolute Gasteiger partial charge is 0.484 e. The molecule has 0 aliphatic carbocycles. The van der Waals surface area contributed by atoms with Crippen molar-refractivity contribution < 1.29 is 27.5 Å². The van der Waals surface area contributed by atoms with Crippen molar-refractivity contribution in [2.24, 2.45) is 5.73 Å². The zero-order chi connectivity index (χ0) is 24.8. The molecular weight excluding hydrogens is 459 g/mol. The molecule has 0 radical (unpaired) electrons. The highest BCUT2D eigenvalue weighted by Gasteiger charge is 2.08. The molecule has 4 N–H and O–H groups in total. The summed E-state index contributed by atoms with van der Waals surface area (Å²) in [5.74, 6) is -1.37. The van der Waals surface area contributed by atoms with Crippen LogP contribution < -0.4 is 21.1 Å². The molecule has 33 heavy (non-hydrogen) atoms. The van der Waals surface area contributed by atoms with Crippen molar-refractivity contribution in [1.29, 1.82) is 0 Å². The Kier molecular flexibility index (Phi) is 12.5. The smallest absolute Gasteiger partial charge is 0.257 e. The zero-order valence-electron chi connectivity index (χ0n) is 18.0. The van der Waals surface area contributed by atoms with E-state index in [-0.39, 0.29) is 48.8 Å². The van der Waals surface area contributed by atoms with Gasteiger partial charge in [0.15, 0.2) is 6.61 Å². The van der Waals surface area contributed by atoms with Crippen molar-refractivity contribution in [3.63, 3.8) is 0 Å². The van der Waals surface area contributed by atoms with Gasteiger partial charge in [0.2, 0.25) is 6.43 Å². The van der Waals surface area contributed by atoms with Gasteiger partial charge in [0.1, 0.15) is 11.6 Å². The van der Waals surface area contributed by atoms with E-state index in [9.17, 15) is 22.8 Å². The van der Waals surface area contributed by atoms with Gasteiger partial charge in [-0.05, 0) is 25.0 Å². The van der Waals surface area contributed by atoms with Crippen LogP contribution in [0.25, 0.3) is 0 Å². The summed E-state index contributed by atoms with van der Waals surface area (Å²) < 4.78 is 42.9. The molecule has 10 heteroatoms. The fraction of sp³-hybridized carbons (Fsp3) is 0.304. The molecule has 0 aromatic heterocycles. The lowest BCUT2D eigenvalue weighted by atomic mass is 10.1. The summed E-state index contributed by atoms with van der Waals surface area (Å²) in [6.07, 6.45) is 2.60. The van der Waals surface area contributed by atoms with Crippen LogP contribution in [0.5, 0.6) is 5.75 Å². The van der Waals surface area contributed by atoms with Crippen LogP contribution >= 0.6 is 11.6 Å². The van der Waals surface area contributed by atoms with Gasteiger partial charge in [-0.2, -0.15) is 0 Å². The Bertz CT molecular complexity index is 917. The van der Waals surface area contributed by atoms with E-state index in [1.165, 1.54) is 18.3 Å².